The topological polar surface area (TPSA) is 157 Å². The number of hydrogen-bond donors (Lipinski definition) is 2. The van der Waals surface area contributed by atoms with Gasteiger partial charge in [0.2, 0.25) is 11.7 Å². The minimum Gasteiger partial charge on any atom is -0.493 e. The van der Waals surface area contributed by atoms with Crippen LogP contribution in [0.1, 0.15) is 39.4 Å². The molecule has 2 amide bonds. The van der Waals surface area contributed by atoms with Gasteiger partial charge in [-0.2, -0.15) is 0 Å². The lowest BCUT2D eigenvalue weighted by Gasteiger charge is -2.14. The Labute approximate surface area is 227 Å². The third-order valence-corrected chi connectivity index (χ3v) is 7.50. The van der Waals surface area contributed by atoms with Gasteiger partial charge < -0.3 is 34.6 Å². The maximum absolute atomic E-state index is 12.8. The number of methoxy groups -OCH3 is 3. The molecule has 0 aliphatic rings. The first-order chi connectivity index (χ1) is 18.0. The van der Waals surface area contributed by atoms with E-state index in [9.17, 15) is 14.4 Å². The first-order valence-electron chi connectivity index (χ1n) is 11.3. The summed E-state index contributed by atoms with van der Waals surface area (Å²) in [5, 5.41) is 11.8. The number of ether oxygens (including phenoxy) is 4. The van der Waals surface area contributed by atoms with Crippen LogP contribution in [0.4, 0.5) is 5.00 Å². The molecule has 0 saturated carbocycles. The fraction of sp³-hybridized carbons (Fsp3) is 0.375. The first-order valence-corrected chi connectivity index (χ1v) is 13.1. The predicted octanol–water partition coefficient (Wildman–Crippen LogP) is 3.27. The molecule has 0 atom stereocenters. The fourth-order valence-corrected chi connectivity index (χ4v) is 5.32. The minimum atomic E-state index is -0.695. The Morgan fingerprint density at radius 1 is 1.11 bits per heavy atom. The second-order valence-electron chi connectivity index (χ2n) is 8.19. The van der Waals surface area contributed by atoms with Gasteiger partial charge in [-0.1, -0.05) is 11.8 Å². The number of carbonyl (C=O) groups excluding carboxylic acids is 3. The number of nitrogens with one attached hydrogen (secondary N) is 1. The van der Waals surface area contributed by atoms with E-state index in [0.717, 1.165) is 23.1 Å². The molecule has 0 aliphatic carbocycles. The standard InChI is InChI=1S/C24H29N5O7S2/c1-11(2)36-23(32)17-12(3)19(20(25)31)38-22(17)26-16(30)10-37-24-28-27-21(29(24)4)13-8-14(33-5)18(35-7)15(9-13)34-6/h8-9,11H,10H2,1-7H3,(H2,25,31)(H,26,30). The van der Waals surface area contributed by atoms with E-state index in [1.807, 2.05) is 0 Å². The second-order valence-corrected chi connectivity index (χ2v) is 10.2. The fourth-order valence-electron chi connectivity index (χ4n) is 3.55. The molecular weight excluding hydrogens is 534 g/mol. The zero-order valence-electron chi connectivity index (χ0n) is 22.0. The molecule has 3 rings (SSSR count). The Bertz CT molecular complexity index is 1340. The Kier molecular flexibility index (Phi) is 9.22. The zero-order chi connectivity index (χ0) is 28.1. The quantitative estimate of drug-likeness (QED) is 0.262. The molecule has 0 unspecified atom stereocenters. The number of rotatable bonds is 11. The summed E-state index contributed by atoms with van der Waals surface area (Å²) in [6.45, 7) is 5.00. The largest absolute Gasteiger partial charge is 0.493 e. The van der Waals surface area contributed by atoms with E-state index in [0.29, 0.717) is 39.4 Å². The van der Waals surface area contributed by atoms with Crippen molar-refractivity contribution in [1.82, 2.24) is 14.8 Å². The van der Waals surface area contributed by atoms with E-state index in [1.165, 1.54) is 21.3 Å². The smallest absolute Gasteiger partial charge is 0.341 e. The molecule has 2 aromatic heterocycles. The number of hydrogen-bond acceptors (Lipinski definition) is 11. The Morgan fingerprint density at radius 3 is 2.26 bits per heavy atom. The maximum atomic E-state index is 12.8. The number of benzene rings is 1. The molecule has 3 N–H and O–H groups in total. The molecule has 3 aromatic rings. The third kappa shape index (κ3) is 6.02. The van der Waals surface area contributed by atoms with Crippen LogP contribution in [0.5, 0.6) is 17.2 Å². The summed E-state index contributed by atoms with van der Waals surface area (Å²) in [6, 6.07) is 3.50. The van der Waals surface area contributed by atoms with Crippen LogP contribution in [0.25, 0.3) is 11.4 Å². The molecule has 38 heavy (non-hydrogen) atoms. The van der Waals surface area contributed by atoms with E-state index in [1.54, 1.807) is 44.5 Å². The molecule has 1 aromatic carbocycles. The van der Waals surface area contributed by atoms with Crippen molar-refractivity contribution in [2.45, 2.75) is 32.0 Å². The summed E-state index contributed by atoms with van der Waals surface area (Å²) in [4.78, 5) is 37.4. The van der Waals surface area contributed by atoms with Crippen molar-refractivity contribution in [3.8, 4) is 28.6 Å². The number of amides is 2. The summed E-state index contributed by atoms with van der Waals surface area (Å²) >= 11 is 2.08. The molecule has 12 nitrogen and oxygen atoms in total. The molecule has 0 spiro atoms. The summed E-state index contributed by atoms with van der Waals surface area (Å²) < 4.78 is 23.2. The van der Waals surface area contributed by atoms with Crippen LogP contribution in [0, 0.1) is 6.92 Å². The van der Waals surface area contributed by atoms with Gasteiger partial charge >= 0.3 is 5.97 Å². The van der Waals surface area contributed by atoms with Crippen LogP contribution in [-0.4, -0.2) is 65.7 Å². The van der Waals surface area contributed by atoms with Crippen molar-refractivity contribution >= 4 is 45.9 Å². The minimum absolute atomic E-state index is 0.0389. The van der Waals surface area contributed by atoms with Crippen LogP contribution in [0.2, 0.25) is 0 Å². The van der Waals surface area contributed by atoms with Gasteiger partial charge in [0.15, 0.2) is 22.5 Å². The van der Waals surface area contributed by atoms with Crippen molar-refractivity contribution in [1.29, 1.82) is 0 Å². The maximum Gasteiger partial charge on any atom is 0.341 e. The highest BCUT2D eigenvalue weighted by atomic mass is 32.2. The average Bonchev–Trinajstić information content (AvgIpc) is 3.40. The number of thiophene rings is 1. The van der Waals surface area contributed by atoms with E-state index >= 15 is 0 Å². The Morgan fingerprint density at radius 2 is 1.74 bits per heavy atom. The number of thioether (sulfide) groups is 1. The molecule has 14 heteroatoms. The molecule has 0 radical (unpaired) electrons. The normalized spacial score (nSPS) is 10.8. The van der Waals surface area contributed by atoms with Gasteiger partial charge in [-0.15, -0.1) is 21.5 Å². The van der Waals surface area contributed by atoms with E-state index in [-0.39, 0.29) is 27.3 Å². The number of nitrogens with zero attached hydrogens (tertiary/aromatic N) is 3. The average molecular weight is 564 g/mol. The number of nitrogens with two attached hydrogens (primary N) is 1. The molecular formula is C24H29N5O7S2. The van der Waals surface area contributed by atoms with Gasteiger partial charge in [0, 0.05) is 12.6 Å². The van der Waals surface area contributed by atoms with Gasteiger partial charge in [-0.05, 0) is 38.5 Å². The summed E-state index contributed by atoms with van der Waals surface area (Å²) in [5.41, 5.74) is 6.59. The third-order valence-electron chi connectivity index (χ3n) is 5.26. The lowest BCUT2D eigenvalue weighted by atomic mass is 10.1. The summed E-state index contributed by atoms with van der Waals surface area (Å²) in [7, 11) is 6.32. The van der Waals surface area contributed by atoms with Gasteiger partial charge in [0.05, 0.1) is 43.6 Å². The predicted molar refractivity (Wildman–Crippen MR) is 144 cm³/mol. The number of primary amides is 1. The highest BCUT2D eigenvalue weighted by Gasteiger charge is 2.27. The van der Waals surface area contributed by atoms with Crippen LogP contribution in [-0.2, 0) is 16.6 Å². The lowest BCUT2D eigenvalue weighted by molar-refractivity contribution is -0.113. The SMILES string of the molecule is COc1cc(-c2nnc(SCC(=O)Nc3sc(C(N)=O)c(C)c3C(=O)OC(C)C)n2C)cc(OC)c1OC. The van der Waals surface area contributed by atoms with Crippen LogP contribution >= 0.6 is 23.1 Å². The Balaban J connectivity index is 1.80. The van der Waals surface area contributed by atoms with Gasteiger partial charge in [-0.3, -0.25) is 9.59 Å². The highest BCUT2D eigenvalue weighted by Crippen LogP contribution is 2.41. The van der Waals surface area contributed by atoms with Gasteiger partial charge in [0.25, 0.3) is 5.91 Å². The van der Waals surface area contributed by atoms with Crippen molar-refractivity contribution < 1.29 is 33.3 Å². The molecule has 0 saturated heterocycles. The van der Waals surface area contributed by atoms with E-state index in [4.69, 9.17) is 24.7 Å². The monoisotopic (exact) mass is 563 g/mol. The van der Waals surface area contributed by atoms with Crippen molar-refractivity contribution in [2.75, 3.05) is 32.4 Å². The highest BCUT2D eigenvalue weighted by molar-refractivity contribution is 7.99. The zero-order valence-corrected chi connectivity index (χ0v) is 23.7. The second kappa shape index (κ2) is 12.2. The number of aromatic nitrogens is 3. The Hall–Kier alpha value is -3.78. The van der Waals surface area contributed by atoms with Crippen LogP contribution in [0.15, 0.2) is 17.3 Å². The van der Waals surface area contributed by atoms with E-state index in [2.05, 4.69) is 15.5 Å². The van der Waals surface area contributed by atoms with Gasteiger partial charge in [0.1, 0.15) is 5.00 Å². The van der Waals surface area contributed by atoms with Crippen LogP contribution in [0.3, 0.4) is 0 Å². The van der Waals surface area contributed by atoms with Crippen molar-refractivity contribution in [2.24, 2.45) is 12.8 Å². The first kappa shape index (κ1) is 28.8. The van der Waals surface area contributed by atoms with Crippen molar-refractivity contribution in [3.63, 3.8) is 0 Å². The molecule has 2 heterocycles. The van der Waals surface area contributed by atoms with Crippen LogP contribution < -0.4 is 25.3 Å². The van der Waals surface area contributed by atoms with Crippen molar-refractivity contribution in [3.05, 3.63) is 28.1 Å². The summed E-state index contributed by atoms with van der Waals surface area (Å²) in [6.07, 6.45) is -0.381. The number of esters is 1. The molecule has 0 aliphatic heterocycles. The van der Waals surface area contributed by atoms with Gasteiger partial charge in [-0.25, -0.2) is 4.79 Å². The lowest BCUT2D eigenvalue weighted by Crippen LogP contribution is -2.18. The summed E-state index contributed by atoms with van der Waals surface area (Å²) in [5.74, 6) is 0.106. The molecule has 0 bridgehead atoms. The number of anilines is 1. The molecule has 0 fully saturated rings. The molecule has 204 valence electrons. The number of carbonyl (C=O) groups is 3. The van der Waals surface area contributed by atoms with E-state index < -0.39 is 17.8 Å².